The molecular formula is C16H21N5O2S. The highest BCUT2D eigenvalue weighted by atomic mass is 32.2. The van der Waals surface area contributed by atoms with Gasteiger partial charge in [-0.15, -0.1) is 0 Å². The highest BCUT2D eigenvalue weighted by molar-refractivity contribution is 7.89. The molecule has 5 N–H and O–H groups in total. The lowest BCUT2D eigenvalue weighted by atomic mass is 10.1. The third-order valence-electron chi connectivity index (χ3n) is 3.49. The van der Waals surface area contributed by atoms with E-state index in [2.05, 4.69) is 10.4 Å². The lowest BCUT2D eigenvalue weighted by Crippen LogP contribution is -2.32. The molecule has 0 aliphatic heterocycles. The zero-order valence-electron chi connectivity index (χ0n) is 13.6. The van der Waals surface area contributed by atoms with Crippen LogP contribution in [0.1, 0.15) is 11.1 Å². The third kappa shape index (κ3) is 3.73. The number of aliphatic imine (C=N–C) groups is 1. The second-order valence-corrected chi connectivity index (χ2v) is 7.41. The summed E-state index contributed by atoms with van der Waals surface area (Å²) in [4.78, 5) is 4.61. The van der Waals surface area contributed by atoms with Crippen molar-refractivity contribution in [2.24, 2.45) is 10.8 Å². The van der Waals surface area contributed by atoms with Crippen molar-refractivity contribution in [1.82, 2.24) is 9.73 Å². The number of nitrogens with two attached hydrogens (primary N) is 2. The Morgan fingerprint density at radius 3 is 2.38 bits per heavy atom. The fourth-order valence-corrected chi connectivity index (χ4v) is 3.28. The van der Waals surface area contributed by atoms with Gasteiger partial charge in [0, 0.05) is 25.3 Å². The predicted octanol–water partition coefficient (Wildman–Crippen LogP) is 0.929. The average Bonchev–Trinajstić information content (AvgIpc) is 2.57. The van der Waals surface area contributed by atoms with Crippen LogP contribution < -0.4 is 17.0 Å². The second-order valence-electron chi connectivity index (χ2n) is 5.29. The summed E-state index contributed by atoms with van der Waals surface area (Å²) in [5.74, 6) is 5.94. The molecule has 0 aromatic heterocycles. The van der Waals surface area contributed by atoms with Crippen LogP contribution in [0.4, 0.5) is 5.69 Å². The number of sulfonamides is 1. The first-order valence-corrected chi connectivity index (χ1v) is 8.68. The Morgan fingerprint density at radius 2 is 1.75 bits per heavy atom. The number of anilines is 1. The van der Waals surface area contributed by atoms with Crippen LogP contribution in [-0.2, 0) is 16.6 Å². The van der Waals surface area contributed by atoms with Gasteiger partial charge in [0.2, 0.25) is 10.0 Å². The third-order valence-corrected chi connectivity index (χ3v) is 5.41. The summed E-state index contributed by atoms with van der Waals surface area (Å²) in [7, 11) is -0.561. The molecule has 0 aliphatic rings. The molecule has 24 heavy (non-hydrogen) atoms. The SMILES string of the molecule is CN(C)S(=O)(=O)c1ccccc1CN=C(NN)c1ccccc1N. The van der Waals surface area contributed by atoms with E-state index in [1.54, 1.807) is 36.4 Å². The highest BCUT2D eigenvalue weighted by Gasteiger charge is 2.20. The highest BCUT2D eigenvalue weighted by Crippen LogP contribution is 2.20. The summed E-state index contributed by atoms with van der Waals surface area (Å²) >= 11 is 0. The van der Waals surface area contributed by atoms with Crippen molar-refractivity contribution >= 4 is 21.5 Å². The minimum atomic E-state index is -3.55. The monoisotopic (exact) mass is 347 g/mol. The van der Waals surface area contributed by atoms with Crippen molar-refractivity contribution < 1.29 is 8.42 Å². The van der Waals surface area contributed by atoms with Gasteiger partial charge in [0.1, 0.15) is 5.84 Å². The van der Waals surface area contributed by atoms with E-state index in [9.17, 15) is 8.42 Å². The van der Waals surface area contributed by atoms with Gasteiger partial charge in [-0.2, -0.15) is 0 Å². The van der Waals surface area contributed by atoms with E-state index in [0.29, 0.717) is 22.6 Å². The number of para-hydroxylation sites is 1. The Morgan fingerprint density at radius 1 is 1.12 bits per heavy atom. The lowest BCUT2D eigenvalue weighted by Gasteiger charge is -2.14. The topological polar surface area (TPSA) is 114 Å². The quantitative estimate of drug-likeness (QED) is 0.245. The maximum absolute atomic E-state index is 12.4. The van der Waals surface area contributed by atoms with Crippen molar-refractivity contribution in [3.8, 4) is 0 Å². The maximum Gasteiger partial charge on any atom is 0.242 e. The van der Waals surface area contributed by atoms with Gasteiger partial charge in [0.05, 0.1) is 11.4 Å². The van der Waals surface area contributed by atoms with Crippen LogP contribution in [0.2, 0.25) is 0 Å². The maximum atomic E-state index is 12.4. The van der Waals surface area contributed by atoms with Crippen LogP contribution in [0.5, 0.6) is 0 Å². The Kier molecular flexibility index (Phi) is 5.55. The molecule has 0 unspecified atom stereocenters. The van der Waals surface area contributed by atoms with E-state index < -0.39 is 10.0 Å². The molecule has 0 amide bonds. The molecule has 0 atom stereocenters. The number of nitrogen functional groups attached to an aromatic ring is 1. The van der Waals surface area contributed by atoms with Crippen molar-refractivity contribution in [2.45, 2.75) is 11.4 Å². The summed E-state index contributed by atoms with van der Waals surface area (Å²) in [5.41, 5.74) is 10.2. The number of hydrogen-bond acceptors (Lipinski definition) is 5. The summed E-state index contributed by atoms with van der Waals surface area (Å²) in [6.07, 6.45) is 0. The van der Waals surface area contributed by atoms with Crippen molar-refractivity contribution in [3.05, 3.63) is 59.7 Å². The van der Waals surface area contributed by atoms with E-state index in [4.69, 9.17) is 11.6 Å². The molecule has 128 valence electrons. The molecular weight excluding hydrogens is 326 g/mol. The van der Waals surface area contributed by atoms with Crippen LogP contribution >= 0.6 is 0 Å². The number of nitrogens with zero attached hydrogens (tertiary/aromatic N) is 2. The Hall–Kier alpha value is -2.42. The Labute approximate surface area is 142 Å². The molecule has 2 rings (SSSR count). The standard InChI is InChI=1S/C16H21N5O2S/c1-21(2)24(22,23)15-10-6-3-7-12(15)11-19-16(20-18)13-8-4-5-9-14(13)17/h3-10H,11,17-18H2,1-2H3,(H,19,20). The summed E-state index contributed by atoms with van der Waals surface area (Å²) in [6.45, 7) is 0.150. The molecule has 0 radical (unpaired) electrons. The van der Waals surface area contributed by atoms with Crippen LogP contribution in [-0.4, -0.2) is 32.7 Å². The van der Waals surface area contributed by atoms with E-state index in [0.717, 1.165) is 0 Å². The van der Waals surface area contributed by atoms with Gasteiger partial charge in [-0.1, -0.05) is 30.3 Å². The minimum Gasteiger partial charge on any atom is -0.398 e. The van der Waals surface area contributed by atoms with Crippen molar-refractivity contribution in [2.75, 3.05) is 19.8 Å². The fourth-order valence-electron chi connectivity index (χ4n) is 2.17. The van der Waals surface area contributed by atoms with Crippen molar-refractivity contribution in [1.29, 1.82) is 0 Å². The molecule has 8 heteroatoms. The number of hydrazine groups is 1. The number of amidine groups is 1. The van der Waals surface area contributed by atoms with Gasteiger partial charge in [0.25, 0.3) is 0 Å². The van der Waals surface area contributed by atoms with E-state index in [-0.39, 0.29) is 11.4 Å². The molecule has 0 bridgehead atoms. The zero-order chi connectivity index (χ0) is 17.7. The fraction of sp³-hybridized carbons (Fsp3) is 0.188. The van der Waals surface area contributed by atoms with Gasteiger partial charge < -0.3 is 11.2 Å². The van der Waals surface area contributed by atoms with Gasteiger partial charge in [-0.05, 0) is 23.8 Å². The number of rotatable bonds is 5. The molecule has 2 aromatic carbocycles. The van der Waals surface area contributed by atoms with Gasteiger partial charge >= 0.3 is 0 Å². The minimum absolute atomic E-state index is 0.150. The Bertz CT molecular complexity index is 847. The number of benzene rings is 2. The first-order valence-electron chi connectivity index (χ1n) is 7.24. The lowest BCUT2D eigenvalue weighted by molar-refractivity contribution is 0.519. The van der Waals surface area contributed by atoms with Crippen LogP contribution in [0.25, 0.3) is 0 Å². The molecule has 0 saturated carbocycles. The predicted molar refractivity (Wildman–Crippen MR) is 95.7 cm³/mol. The summed E-state index contributed by atoms with van der Waals surface area (Å²) in [5, 5.41) is 0. The molecule has 2 aromatic rings. The Balaban J connectivity index is 2.40. The molecule has 0 saturated heterocycles. The molecule has 0 heterocycles. The van der Waals surface area contributed by atoms with Gasteiger partial charge in [-0.25, -0.2) is 18.6 Å². The smallest absolute Gasteiger partial charge is 0.242 e. The van der Waals surface area contributed by atoms with Crippen LogP contribution in [0.3, 0.4) is 0 Å². The first kappa shape index (κ1) is 17.9. The number of nitrogens with one attached hydrogen (secondary N) is 1. The molecule has 7 nitrogen and oxygen atoms in total. The van der Waals surface area contributed by atoms with E-state index in [1.807, 2.05) is 12.1 Å². The zero-order valence-corrected chi connectivity index (χ0v) is 14.4. The molecule has 0 aliphatic carbocycles. The molecule has 0 fully saturated rings. The van der Waals surface area contributed by atoms with E-state index >= 15 is 0 Å². The average molecular weight is 347 g/mol. The number of hydrogen-bond donors (Lipinski definition) is 3. The van der Waals surface area contributed by atoms with Crippen molar-refractivity contribution in [3.63, 3.8) is 0 Å². The second kappa shape index (κ2) is 7.43. The normalized spacial score (nSPS) is 12.4. The van der Waals surface area contributed by atoms with Gasteiger partial charge in [-0.3, -0.25) is 4.99 Å². The van der Waals surface area contributed by atoms with Gasteiger partial charge in [0.15, 0.2) is 0 Å². The van der Waals surface area contributed by atoms with Crippen LogP contribution in [0, 0.1) is 0 Å². The summed E-state index contributed by atoms with van der Waals surface area (Å²) in [6, 6.07) is 13.9. The van der Waals surface area contributed by atoms with E-state index in [1.165, 1.54) is 18.4 Å². The summed E-state index contributed by atoms with van der Waals surface area (Å²) < 4.78 is 26.0. The molecule has 0 spiro atoms. The first-order chi connectivity index (χ1) is 11.4. The van der Waals surface area contributed by atoms with Crippen LogP contribution in [0.15, 0.2) is 58.4 Å². The largest absolute Gasteiger partial charge is 0.398 e.